The van der Waals surface area contributed by atoms with Gasteiger partial charge in [-0.2, -0.15) is 13.2 Å². The molecule has 0 aliphatic carbocycles. The molecule has 1 aliphatic heterocycles. The Bertz CT molecular complexity index is 705. The van der Waals surface area contributed by atoms with Crippen LogP contribution in [0.15, 0.2) is 16.7 Å². The van der Waals surface area contributed by atoms with Crippen molar-refractivity contribution < 1.29 is 18.0 Å². The third-order valence-electron chi connectivity index (χ3n) is 3.73. The number of piperidine rings is 1. The van der Waals surface area contributed by atoms with Crippen LogP contribution in [0.3, 0.4) is 0 Å². The molecule has 1 aliphatic rings. The number of rotatable bonds is 5. The van der Waals surface area contributed by atoms with Crippen molar-refractivity contribution in [3.63, 3.8) is 0 Å². The number of aromatic nitrogens is 5. The predicted octanol–water partition coefficient (Wildman–Crippen LogP) is 2.19. The standard InChI is InChI=1S/C13H15F3N6OS2/c14-13(15,16)8-22-12(18-19-20-22)25-7-10(23)21-4-1-2-9(6-21)11-17-3-5-24-11/h3,5,9H,1-2,4,6-8H2/t9-/m0/s1. The van der Waals surface area contributed by atoms with Gasteiger partial charge in [0.2, 0.25) is 11.1 Å². The smallest absolute Gasteiger partial charge is 0.341 e. The number of alkyl halides is 3. The van der Waals surface area contributed by atoms with Crippen LogP contribution >= 0.6 is 23.1 Å². The SMILES string of the molecule is O=C(CSc1nnnn1CC(F)(F)F)N1CCC[C@H](c2nccs2)C1. The van der Waals surface area contributed by atoms with Crippen LogP contribution in [0.2, 0.25) is 0 Å². The quantitative estimate of drug-likeness (QED) is 0.726. The summed E-state index contributed by atoms with van der Waals surface area (Å²) in [5.74, 6) is 0.0917. The lowest BCUT2D eigenvalue weighted by Crippen LogP contribution is -2.40. The van der Waals surface area contributed by atoms with Gasteiger partial charge in [0.05, 0.1) is 10.8 Å². The van der Waals surface area contributed by atoms with Crippen LogP contribution in [0.25, 0.3) is 0 Å². The molecule has 1 fully saturated rings. The van der Waals surface area contributed by atoms with Crippen LogP contribution < -0.4 is 0 Å². The summed E-state index contributed by atoms with van der Waals surface area (Å²) in [5.41, 5.74) is 0. The Kier molecular flexibility index (Phi) is 5.57. The number of carbonyl (C=O) groups excluding carboxylic acids is 1. The van der Waals surface area contributed by atoms with Crippen LogP contribution in [0.4, 0.5) is 13.2 Å². The fraction of sp³-hybridized carbons (Fsp3) is 0.615. The minimum absolute atomic E-state index is 0.00280. The number of hydrogen-bond acceptors (Lipinski definition) is 7. The third-order valence-corrected chi connectivity index (χ3v) is 5.61. The minimum Gasteiger partial charge on any atom is -0.341 e. The molecular weight excluding hydrogens is 377 g/mol. The van der Waals surface area contributed by atoms with E-state index in [4.69, 9.17) is 0 Å². The second kappa shape index (κ2) is 7.68. The van der Waals surface area contributed by atoms with Crippen LogP contribution in [0.5, 0.6) is 0 Å². The van der Waals surface area contributed by atoms with Gasteiger partial charge in [-0.1, -0.05) is 11.8 Å². The minimum atomic E-state index is -4.41. The van der Waals surface area contributed by atoms with E-state index in [2.05, 4.69) is 20.5 Å². The summed E-state index contributed by atoms with van der Waals surface area (Å²) in [6.45, 7) is -0.0402. The first-order chi connectivity index (χ1) is 11.9. The average Bonchev–Trinajstić information content (AvgIpc) is 3.23. The van der Waals surface area contributed by atoms with Crippen LogP contribution in [-0.4, -0.2) is 61.0 Å². The summed E-state index contributed by atoms with van der Waals surface area (Å²) in [5, 5.41) is 13.0. The molecule has 0 aromatic carbocycles. The lowest BCUT2D eigenvalue weighted by molar-refractivity contribution is -0.144. The molecule has 0 radical (unpaired) electrons. The maximum absolute atomic E-state index is 12.5. The number of likely N-dealkylation sites (tertiary alicyclic amines) is 1. The number of hydrogen-bond donors (Lipinski definition) is 0. The monoisotopic (exact) mass is 392 g/mol. The first-order valence-electron chi connectivity index (χ1n) is 7.55. The van der Waals surface area contributed by atoms with E-state index >= 15 is 0 Å². The number of thioether (sulfide) groups is 1. The van der Waals surface area contributed by atoms with Crippen molar-refractivity contribution in [2.24, 2.45) is 0 Å². The van der Waals surface area contributed by atoms with Gasteiger partial charge < -0.3 is 4.90 Å². The van der Waals surface area contributed by atoms with Gasteiger partial charge >= 0.3 is 6.18 Å². The molecule has 0 saturated carbocycles. The Morgan fingerprint density at radius 3 is 3.00 bits per heavy atom. The zero-order valence-corrected chi connectivity index (χ0v) is 14.6. The average molecular weight is 392 g/mol. The first kappa shape index (κ1) is 18.1. The molecule has 0 unspecified atom stereocenters. The molecule has 136 valence electrons. The summed E-state index contributed by atoms with van der Waals surface area (Å²) >= 11 is 2.49. The Hall–Kier alpha value is -1.69. The summed E-state index contributed by atoms with van der Waals surface area (Å²) in [6, 6.07) is 0. The van der Waals surface area contributed by atoms with E-state index in [1.165, 1.54) is 0 Å². The van der Waals surface area contributed by atoms with E-state index in [1.54, 1.807) is 22.4 Å². The lowest BCUT2D eigenvalue weighted by Gasteiger charge is -2.31. The molecule has 1 atom stereocenters. The van der Waals surface area contributed by atoms with Crippen LogP contribution in [0.1, 0.15) is 23.8 Å². The van der Waals surface area contributed by atoms with Gasteiger partial charge in [-0.25, -0.2) is 9.67 Å². The topological polar surface area (TPSA) is 76.8 Å². The molecular formula is C13H15F3N6OS2. The van der Waals surface area contributed by atoms with Gasteiger partial charge in [-0.05, 0) is 23.3 Å². The van der Waals surface area contributed by atoms with Crippen molar-refractivity contribution in [2.75, 3.05) is 18.8 Å². The zero-order valence-electron chi connectivity index (χ0n) is 13.0. The summed E-state index contributed by atoms with van der Waals surface area (Å²) in [7, 11) is 0. The number of amides is 1. The van der Waals surface area contributed by atoms with Gasteiger partial charge in [0.25, 0.3) is 0 Å². The van der Waals surface area contributed by atoms with Gasteiger partial charge in [0.15, 0.2) is 0 Å². The van der Waals surface area contributed by atoms with Crippen molar-refractivity contribution in [2.45, 2.75) is 36.6 Å². The van der Waals surface area contributed by atoms with E-state index in [1.807, 2.05) is 5.38 Å². The Morgan fingerprint density at radius 2 is 2.28 bits per heavy atom. The van der Waals surface area contributed by atoms with Crippen LogP contribution in [0, 0.1) is 0 Å². The molecule has 7 nitrogen and oxygen atoms in total. The first-order valence-corrected chi connectivity index (χ1v) is 9.42. The molecule has 0 N–H and O–H groups in total. The van der Waals surface area contributed by atoms with Gasteiger partial charge in [-0.15, -0.1) is 16.4 Å². The summed E-state index contributed by atoms with van der Waals surface area (Å²) in [4.78, 5) is 18.4. The number of carbonyl (C=O) groups is 1. The maximum atomic E-state index is 12.5. The molecule has 0 bridgehead atoms. The summed E-state index contributed by atoms with van der Waals surface area (Å²) in [6.07, 6.45) is -0.805. The van der Waals surface area contributed by atoms with E-state index in [-0.39, 0.29) is 22.7 Å². The molecule has 2 aromatic heterocycles. The fourth-order valence-corrected chi connectivity index (χ4v) is 4.17. The molecule has 0 spiro atoms. The highest BCUT2D eigenvalue weighted by Gasteiger charge is 2.31. The highest BCUT2D eigenvalue weighted by molar-refractivity contribution is 7.99. The molecule has 3 rings (SSSR count). The van der Waals surface area contributed by atoms with Gasteiger partial charge in [-0.3, -0.25) is 4.79 Å². The molecule has 3 heterocycles. The zero-order chi connectivity index (χ0) is 17.9. The van der Waals surface area contributed by atoms with Crippen molar-refractivity contribution >= 4 is 29.0 Å². The number of thiazole rings is 1. The third kappa shape index (κ3) is 4.91. The van der Waals surface area contributed by atoms with Crippen molar-refractivity contribution in [1.82, 2.24) is 30.1 Å². The Morgan fingerprint density at radius 1 is 1.44 bits per heavy atom. The predicted molar refractivity (Wildman–Crippen MR) is 85.3 cm³/mol. The second-order valence-corrected chi connectivity index (χ2v) is 7.44. The highest BCUT2D eigenvalue weighted by Crippen LogP contribution is 2.29. The molecule has 12 heteroatoms. The van der Waals surface area contributed by atoms with Crippen LogP contribution in [-0.2, 0) is 11.3 Å². The number of halogens is 3. The summed E-state index contributed by atoms with van der Waals surface area (Å²) < 4.78 is 38.0. The molecule has 2 aromatic rings. The Balaban J connectivity index is 1.55. The van der Waals surface area contributed by atoms with E-state index in [0.29, 0.717) is 17.8 Å². The van der Waals surface area contributed by atoms with E-state index in [9.17, 15) is 18.0 Å². The number of nitrogens with zero attached hydrogens (tertiary/aromatic N) is 6. The second-order valence-electron chi connectivity index (χ2n) is 5.57. The van der Waals surface area contributed by atoms with Gasteiger partial charge in [0.1, 0.15) is 6.54 Å². The number of tetrazole rings is 1. The van der Waals surface area contributed by atoms with E-state index in [0.717, 1.165) is 29.6 Å². The van der Waals surface area contributed by atoms with Crippen molar-refractivity contribution in [3.05, 3.63) is 16.6 Å². The highest BCUT2D eigenvalue weighted by atomic mass is 32.2. The Labute approximate surface area is 149 Å². The largest absolute Gasteiger partial charge is 0.408 e. The van der Waals surface area contributed by atoms with Gasteiger partial charge in [0, 0.05) is 30.6 Å². The maximum Gasteiger partial charge on any atom is 0.408 e. The fourth-order valence-electron chi connectivity index (χ4n) is 2.63. The molecule has 1 amide bonds. The van der Waals surface area contributed by atoms with Crippen molar-refractivity contribution in [3.8, 4) is 0 Å². The molecule has 25 heavy (non-hydrogen) atoms. The normalized spacial score (nSPS) is 18.5. The van der Waals surface area contributed by atoms with Crippen molar-refractivity contribution in [1.29, 1.82) is 0 Å². The lowest BCUT2D eigenvalue weighted by atomic mass is 9.99. The van der Waals surface area contributed by atoms with E-state index < -0.39 is 12.7 Å². The molecule has 1 saturated heterocycles.